The minimum absolute atomic E-state index is 0.495. The zero-order valence-corrected chi connectivity index (χ0v) is 13.1. The minimum Gasteiger partial charge on any atom is -0.359 e. The molecule has 0 bridgehead atoms. The summed E-state index contributed by atoms with van der Waals surface area (Å²) in [5, 5.41) is 8.10. The van der Waals surface area contributed by atoms with Gasteiger partial charge in [-0.25, -0.2) is 0 Å². The number of hydrogen-bond acceptors (Lipinski definition) is 1. The van der Waals surface area contributed by atoms with E-state index in [2.05, 4.69) is 17.6 Å². The van der Waals surface area contributed by atoms with Gasteiger partial charge in [0.2, 0.25) is 0 Å². The number of rotatable bonds is 2. The van der Waals surface area contributed by atoms with E-state index in [1.54, 1.807) is 0 Å². The number of nitrogens with one attached hydrogen (secondary N) is 2. The smallest absolute Gasteiger partial charge is 0.171 e. The van der Waals surface area contributed by atoms with Gasteiger partial charge < -0.3 is 10.6 Å². The van der Waals surface area contributed by atoms with Crippen molar-refractivity contribution >= 4 is 34.6 Å². The van der Waals surface area contributed by atoms with Crippen LogP contribution in [0.4, 0.5) is 5.69 Å². The first-order valence-electron chi connectivity index (χ1n) is 6.90. The largest absolute Gasteiger partial charge is 0.359 e. The summed E-state index contributed by atoms with van der Waals surface area (Å²) >= 11 is 11.5. The molecule has 1 fully saturated rings. The van der Waals surface area contributed by atoms with Crippen LogP contribution in [0.5, 0.6) is 0 Å². The highest BCUT2D eigenvalue weighted by molar-refractivity contribution is 7.80. The Hall–Kier alpha value is -0.800. The second-order valence-corrected chi connectivity index (χ2v) is 6.25. The van der Waals surface area contributed by atoms with Gasteiger partial charge in [-0.2, -0.15) is 0 Å². The van der Waals surface area contributed by atoms with E-state index >= 15 is 0 Å². The van der Waals surface area contributed by atoms with E-state index in [1.807, 2.05) is 25.1 Å². The van der Waals surface area contributed by atoms with Gasteiger partial charge in [0, 0.05) is 16.8 Å². The maximum atomic E-state index is 6.11. The molecule has 0 saturated heterocycles. The molecule has 0 aromatic heterocycles. The Morgan fingerprint density at radius 2 is 2.05 bits per heavy atom. The van der Waals surface area contributed by atoms with Crippen LogP contribution in [0.2, 0.25) is 5.02 Å². The summed E-state index contributed by atoms with van der Waals surface area (Å²) in [6, 6.07) is 6.40. The second kappa shape index (κ2) is 6.58. The average molecular weight is 297 g/mol. The first-order valence-corrected chi connectivity index (χ1v) is 7.68. The van der Waals surface area contributed by atoms with Crippen molar-refractivity contribution in [2.24, 2.45) is 5.92 Å². The van der Waals surface area contributed by atoms with Crippen LogP contribution in [0.15, 0.2) is 18.2 Å². The number of halogens is 1. The lowest BCUT2D eigenvalue weighted by molar-refractivity contribution is 0.309. The molecule has 2 atom stereocenters. The van der Waals surface area contributed by atoms with Crippen LogP contribution in [0.3, 0.4) is 0 Å². The number of benzene rings is 1. The normalized spacial score (nSPS) is 22.9. The topological polar surface area (TPSA) is 24.1 Å². The van der Waals surface area contributed by atoms with E-state index in [0.29, 0.717) is 17.1 Å². The van der Waals surface area contributed by atoms with Crippen molar-refractivity contribution in [2.75, 3.05) is 5.32 Å². The van der Waals surface area contributed by atoms with E-state index in [0.717, 1.165) is 16.3 Å². The monoisotopic (exact) mass is 296 g/mol. The van der Waals surface area contributed by atoms with Crippen molar-refractivity contribution in [1.82, 2.24) is 5.32 Å². The van der Waals surface area contributed by atoms with Crippen molar-refractivity contribution in [3.8, 4) is 0 Å². The molecule has 0 radical (unpaired) electrons. The lowest BCUT2D eigenvalue weighted by Gasteiger charge is -2.30. The molecule has 1 saturated carbocycles. The number of hydrogen-bond donors (Lipinski definition) is 2. The molecule has 1 aromatic rings. The van der Waals surface area contributed by atoms with E-state index in [-0.39, 0.29) is 0 Å². The quantitative estimate of drug-likeness (QED) is 0.785. The van der Waals surface area contributed by atoms with Crippen molar-refractivity contribution in [3.05, 3.63) is 28.8 Å². The van der Waals surface area contributed by atoms with E-state index in [9.17, 15) is 0 Å². The van der Waals surface area contributed by atoms with Gasteiger partial charge in [-0.1, -0.05) is 37.4 Å². The minimum atomic E-state index is 0.495. The highest BCUT2D eigenvalue weighted by atomic mass is 35.5. The highest BCUT2D eigenvalue weighted by Crippen LogP contribution is 2.24. The third-order valence-corrected chi connectivity index (χ3v) is 4.48. The molecule has 1 aromatic carbocycles. The average Bonchev–Trinajstić information content (AvgIpc) is 2.37. The third kappa shape index (κ3) is 4.08. The Bertz CT molecular complexity index is 461. The number of aryl methyl sites for hydroxylation is 1. The first-order chi connectivity index (χ1) is 9.06. The van der Waals surface area contributed by atoms with Crippen molar-refractivity contribution in [2.45, 2.75) is 45.6 Å². The number of thiocarbonyl (C=S) groups is 1. The fourth-order valence-electron chi connectivity index (χ4n) is 2.54. The lowest BCUT2D eigenvalue weighted by atomic mass is 9.86. The van der Waals surface area contributed by atoms with Crippen LogP contribution >= 0.6 is 23.8 Å². The Labute approximate surface area is 125 Å². The molecule has 1 aliphatic rings. The molecule has 2 nitrogen and oxygen atoms in total. The van der Waals surface area contributed by atoms with Crippen LogP contribution in [0, 0.1) is 12.8 Å². The molecule has 0 heterocycles. The predicted molar refractivity (Wildman–Crippen MR) is 87.0 cm³/mol. The summed E-state index contributed by atoms with van der Waals surface area (Å²) in [5.74, 6) is 0.690. The maximum Gasteiger partial charge on any atom is 0.171 e. The summed E-state index contributed by atoms with van der Waals surface area (Å²) in [7, 11) is 0. The summed E-state index contributed by atoms with van der Waals surface area (Å²) in [5.41, 5.74) is 2.02. The highest BCUT2D eigenvalue weighted by Gasteiger charge is 2.21. The summed E-state index contributed by atoms with van der Waals surface area (Å²) < 4.78 is 0. The van der Waals surface area contributed by atoms with Gasteiger partial charge in [-0.3, -0.25) is 0 Å². The fraction of sp³-hybridized carbons (Fsp3) is 0.533. The third-order valence-electron chi connectivity index (χ3n) is 3.86. The van der Waals surface area contributed by atoms with Crippen LogP contribution in [-0.4, -0.2) is 11.2 Å². The Balaban J connectivity index is 1.91. The van der Waals surface area contributed by atoms with E-state index < -0.39 is 0 Å². The van der Waals surface area contributed by atoms with Gasteiger partial charge in [0.05, 0.1) is 0 Å². The van der Waals surface area contributed by atoms with Crippen LogP contribution in [-0.2, 0) is 0 Å². The molecule has 0 spiro atoms. The second-order valence-electron chi connectivity index (χ2n) is 5.43. The number of anilines is 1. The van der Waals surface area contributed by atoms with Crippen LogP contribution in [0.1, 0.15) is 38.2 Å². The Morgan fingerprint density at radius 3 is 2.74 bits per heavy atom. The standard InChI is InChI=1S/C15H21ClN2S/c1-10-7-8-12(9-13(10)16)17-15(19)18-14-6-4-3-5-11(14)2/h7-9,11,14H,3-6H2,1-2H3,(H2,17,18,19)/t11-,14+/m1/s1. The maximum absolute atomic E-state index is 6.11. The van der Waals surface area contributed by atoms with Gasteiger partial charge in [0.15, 0.2) is 5.11 Å². The predicted octanol–water partition coefficient (Wildman–Crippen LogP) is 4.51. The molecular formula is C15H21ClN2S. The summed E-state index contributed by atoms with van der Waals surface area (Å²) in [6.07, 6.45) is 5.13. The molecule has 4 heteroatoms. The van der Waals surface area contributed by atoms with Gasteiger partial charge in [0.25, 0.3) is 0 Å². The van der Waals surface area contributed by atoms with Crippen LogP contribution < -0.4 is 10.6 Å². The van der Waals surface area contributed by atoms with Crippen molar-refractivity contribution in [3.63, 3.8) is 0 Å². The molecule has 19 heavy (non-hydrogen) atoms. The summed E-state index contributed by atoms with van der Waals surface area (Å²) in [4.78, 5) is 0. The molecule has 0 unspecified atom stereocenters. The van der Waals surface area contributed by atoms with E-state index in [1.165, 1.54) is 25.7 Å². The van der Waals surface area contributed by atoms with Gasteiger partial charge in [0.1, 0.15) is 0 Å². The molecule has 1 aliphatic carbocycles. The van der Waals surface area contributed by atoms with Crippen LogP contribution in [0.25, 0.3) is 0 Å². The molecule has 0 aliphatic heterocycles. The zero-order valence-electron chi connectivity index (χ0n) is 11.5. The molecule has 2 rings (SSSR count). The zero-order chi connectivity index (χ0) is 13.8. The summed E-state index contributed by atoms with van der Waals surface area (Å²) in [6.45, 7) is 4.29. The fourth-order valence-corrected chi connectivity index (χ4v) is 2.99. The molecule has 104 valence electrons. The molecular weight excluding hydrogens is 276 g/mol. The van der Waals surface area contributed by atoms with Gasteiger partial charge in [-0.05, 0) is 55.6 Å². The Kier molecular flexibility index (Phi) is 5.06. The van der Waals surface area contributed by atoms with Crippen molar-refractivity contribution < 1.29 is 0 Å². The molecule has 2 N–H and O–H groups in total. The first kappa shape index (κ1) is 14.6. The lowest BCUT2D eigenvalue weighted by Crippen LogP contribution is -2.43. The van der Waals surface area contributed by atoms with Gasteiger partial charge >= 0.3 is 0 Å². The molecule has 0 amide bonds. The van der Waals surface area contributed by atoms with Crippen molar-refractivity contribution in [1.29, 1.82) is 0 Å². The van der Waals surface area contributed by atoms with E-state index in [4.69, 9.17) is 23.8 Å². The Morgan fingerprint density at radius 1 is 1.32 bits per heavy atom. The van der Waals surface area contributed by atoms with Gasteiger partial charge in [-0.15, -0.1) is 0 Å². The SMILES string of the molecule is Cc1ccc(NC(=S)N[C@H]2CCCC[C@H]2C)cc1Cl.